The molecule has 4 nitrogen and oxygen atoms in total. The first kappa shape index (κ1) is 38.5. The van der Waals surface area contributed by atoms with Crippen LogP contribution in [0.25, 0.3) is 106 Å². The van der Waals surface area contributed by atoms with Crippen LogP contribution in [0.1, 0.15) is 28.9 Å². The molecule has 6 aromatic carbocycles. The van der Waals surface area contributed by atoms with Gasteiger partial charge in [-0.3, -0.25) is 0 Å². The largest absolute Gasteiger partial charge is 0.460 e. The summed E-state index contributed by atoms with van der Waals surface area (Å²) in [7, 11) is 0. The summed E-state index contributed by atoms with van der Waals surface area (Å²) in [5.74, 6) is 2.88. The summed E-state index contributed by atoms with van der Waals surface area (Å²) in [6, 6.07) is 53.2. The number of hydrogen-bond acceptors (Lipinski definition) is 5. The molecule has 3 aromatic heterocycles. The number of thiophene rings is 1. The Hall–Kier alpha value is -7.73. The molecular weight excluding hydrogens is 775 g/mol. The van der Waals surface area contributed by atoms with Gasteiger partial charge in [0.2, 0.25) is 0 Å². The van der Waals surface area contributed by atoms with E-state index < -0.39 is 0 Å². The molecule has 0 amide bonds. The maximum atomic E-state index is 6.33. The van der Waals surface area contributed by atoms with Crippen LogP contribution in [0.4, 0.5) is 0 Å². The van der Waals surface area contributed by atoms with E-state index in [1.165, 1.54) is 25.7 Å². The van der Waals surface area contributed by atoms with Crippen LogP contribution in [-0.2, 0) is 6.42 Å². The Kier molecular flexibility index (Phi) is 10.6. The molecule has 10 rings (SSSR count). The lowest BCUT2D eigenvalue weighted by Crippen LogP contribution is -2.00. The van der Waals surface area contributed by atoms with E-state index in [1.807, 2.05) is 66.0 Å². The molecule has 1 aliphatic rings. The molecule has 9 aromatic rings. The molecule has 0 N–H and O–H groups in total. The van der Waals surface area contributed by atoms with Gasteiger partial charge in [0.05, 0.1) is 0 Å². The summed E-state index contributed by atoms with van der Waals surface area (Å²) < 4.78 is 8.83. The fourth-order valence-electron chi connectivity index (χ4n) is 8.23. The Balaban J connectivity index is 1.05. The monoisotopic (exact) mass is 815 g/mol. The van der Waals surface area contributed by atoms with E-state index in [9.17, 15) is 0 Å². The summed E-state index contributed by atoms with van der Waals surface area (Å²) in [6.45, 7) is 7.71. The van der Waals surface area contributed by atoms with E-state index in [4.69, 9.17) is 19.4 Å². The number of fused-ring (bicyclic) bond motifs is 6. The Morgan fingerprint density at radius 2 is 1.13 bits per heavy atom. The van der Waals surface area contributed by atoms with E-state index in [2.05, 4.69) is 147 Å². The number of hydrogen-bond donors (Lipinski definition) is 0. The van der Waals surface area contributed by atoms with Gasteiger partial charge < -0.3 is 4.42 Å². The molecule has 0 saturated heterocycles. The van der Waals surface area contributed by atoms with E-state index >= 15 is 0 Å². The number of nitrogens with zero attached hydrogens (tertiary/aromatic N) is 3. The van der Waals surface area contributed by atoms with Gasteiger partial charge in [0.1, 0.15) is 11.3 Å². The smallest absolute Gasteiger partial charge is 0.164 e. The zero-order valence-corrected chi connectivity index (χ0v) is 34.9. The first-order valence-electron chi connectivity index (χ1n) is 20.8. The minimum absolute atomic E-state index is 0.619. The lowest BCUT2D eigenvalue weighted by molar-refractivity contribution is 0.546. The standard InChI is InChI=1S/C57H41N3OS/c1-3-5-17-38-19-10-11-20-40(24-14-23-39(38)18-6-4-2)44-35-36-51-48(37-44)54-45(26-16-30-52(54)62-51)41-31-33-43(34-32-41)56-58-55(42-21-8-7-9-22-42)59-57(60-56)47-27-15-29-50-53(47)46-25-12-13-28-49(46)61-50/h3-12,14-27,29-37H,1-2,13,28H2/b11-10?,17-5-,18-6-,19-10?,20-11?,23-14?,24-14?,38-19?,39-23?,39-38?,40-20?,40-24?. The van der Waals surface area contributed by atoms with Gasteiger partial charge in [-0.15, -0.1) is 11.3 Å². The fraction of sp³-hybridized carbons (Fsp3) is 0.0351. The SMILES string of the molecule is C=C/C=C\c1ccccc(-c2ccc3sc4cccc(-c5ccc(-c6nc(-c7ccccc7)nc(-c7cccc8oc9c(c78)C=CCC9)n6)cc5)c4c3c2)cccc1/C=C\C=C. The van der Waals surface area contributed by atoms with Crippen LogP contribution >= 0.6 is 11.3 Å². The number of aryl methyl sites for hydroxylation is 1. The van der Waals surface area contributed by atoms with E-state index in [-0.39, 0.29) is 0 Å². The van der Waals surface area contributed by atoms with E-state index in [0.29, 0.717) is 17.5 Å². The van der Waals surface area contributed by atoms with E-state index in [1.54, 1.807) is 12.2 Å². The van der Waals surface area contributed by atoms with Crippen molar-refractivity contribution >= 4 is 60.7 Å². The maximum Gasteiger partial charge on any atom is 0.164 e. The van der Waals surface area contributed by atoms with Gasteiger partial charge in [-0.25, -0.2) is 15.0 Å². The highest BCUT2D eigenvalue weighted by molar-refractivity contribution is 7.26. The maximum absolute atomic E-state index is 6.33. The molecule has 62 heavy (non-hydrogen) atoms. The van der Waals surface area contributed by atoms with Crippen LogP contribution in [0, 0.1) is 0 Å². The number of benzene rings is 5. The molecule has 0 radical (unpaired) electrons. The lowest BCUT2D eigenvalue weighted by Gasteiger charge is -2.11. The van der Waals surface area contributed by atoms with Crippen molar-refractivity contribution in [1.29, 1.82) is 0 Å². The minimum atomic E-state index is 0.619. The summed E-state index contributed by atoms with van der Waals surface area (Å²) in [5, 5.41) is 3.53. The predicted octanol–water partition coefficient (Wildman–Crippen LogP) is 15.8. The molecule has 1 aliphatic carbocycles. The molecule has 0 spiro atoms. The normalized spacial score (nSPS) is 12.3. The summed E-state index contributed by atoms with van der Waals surface area (Å²) >= 11 is 1.83. The Labute approximate surface area is 365 Å². The van der Waals surface area contributed by atoms with Crippen LogP contribution < -0.4 is 0 Å². The second-order valence-corrected chi connectivity index (χ2v) is 16.2. The third-order valence-corrected chi connectivity index (χ3v) is 12.3. The molecule has 3 heterocycles. The Morgan fingerprint density at radius 3 is 1.92 bits per heavy atom. The first-order valence-corrected chi connectivity index (χ1v) is 21.6. The van der Waals surface area contributed by atoms with Crippen molar-refractivity contribution in [2.45, 2.75) is 12.8 Å². The highest BCUT2D eigenvalue weighted by atomic mass is 32.1. The summed E-state index contributed by atoms with van der Waals surface area (Å²) in [6.07, 6.45) is 17.9. The van der Waals surface area contributed by atoms with Crippen molar-refractivity contribution in [3.63, 3.8) is 0 Å². The van der Waals surface area contributed by atoms with Gasteiger partial charge in [0.15, 0.2) is 17.5 Å². The number of aromatic nitrogens is 3. The van der Waals surface area contributed by atoms with Gasteiger partial charge in [-0.05, 0) is 64.1 Å². The zero-order chi connectivity index (χ0) is 41.8. The molecule has 0 aliphatic heterocycles. The molecule has 0 unspecified atom stereocenters. The average Bonchev–Trinajstić information content (AvgIpc) is 3.90. The van der Waals surface area contributed by atoms with Crippen LogP contribution in [-0.4, -0.2) is 15.0 Å². The van der Waals surface area contributed by atoms with Crippen molar-refractivity contribution < 1.29 is 4.42 Å². The number of allylic oxidation sites excluding steroid dienone is 5. The van der Waals surface area contributed by atoms with Crippen molar-refractivity contribution in [3.05, 3.63) is 218 Å². The molecule has 5 heteroatoms. The van der Waals surface area contributed by atoms with Gasteiger partial charge in [0, 0.05) is 54.2 Å². The van der Waals surface area contributed by atoms with Crippen LogP contribution in [0.2, 0.25) is 0 Å². The fourth-order valence-corrected chi connectivity index (χ4v) is 9.35. The highest BCUT2D eigenvalue weighted by Gasteiger charge is 2.21. The molecule has 0 bridgehead atoms. The lowest BCUT2D eigenvalue weighted by atomic mass is 9.97. The van der Waals surface area contributed by atoms with E-state index in [0.717, 1.165) is 79.6 Å². The average molecular weight is 816 g/mol. The number of rotatable bonds is 9. The third kappa shape index (κ3) is 7.51. The molecule has 296 valence electrons. The van der Waals surface area contributed by atoms with Gasteiger partial charge in [0.25, 0.3) is 0 Å². The van der Waals surface area contributed by atoms with Crippen LogP contribution in [0.15, 0.2) is 200 Å². The second-order valence-electron chi connectivity index (χ2n) is 15.1. The van der Waals surface area contributed by atoms with Crippen molar-refractivity contribution in [1.82, 2.24) is 15.0 Å². The predicted molar refractivity (Wildman–Crippen MR) is 263 cm³/mol. The van der Waals surface area contributed by atoms with Crippen molar-refractivity contribution in [3.8, 4) is 56.4 Å². The molecule has 0 saturated carbocycles. The van der Waals surface area contributed by atoms with Crippen molar-refractivity contribution in [2.75, 3.05) is 0 Å². The molecule has 0 atom stereocenters. The van der Waals surface area contributed by atoms with Gasteiger partial charge in [-0.2, -0.15) is 0 Å². The van der Waals surface area contributed by atoms with Gasteiger partial charge in [-0.1, -0.05) is 189 Å². The molecular formula is C57H41N3OS. The second kappa shape index (κ2) is 17.1. The van der Waals surface area contributed by atoms with Crippen LogP contribution in [0.3, 0.4) is 0 Å². The zero-order valence-electron chi connectivity index (χ0n) is 34.0. The van der Waals surface area contributed by atoms with Crippen molar-refractivity contribution in [2.24, 2.45) is 0 Å². The van der Waals surface area contributed by atoms with Gasteiger partial charge >= 0.3 is 0 Å². The topological polar surface area (TPSA) is 51.8 Å². The quantitative estimate of drug-likeness (QED) is 0.136. The molecule has 0 fully saturated rings. The third-order valence-electron chi connectivity index (χ3n) is 11.2. The van der Waals surface area contributed by atoms with Crippen LogP contribution in [0.5, 0.6) is 0 Å². The summed E-state index contributed by atoms with van der Waals surface area (Å²) in [5.41, 5.74) is 11.5. The Morgan fingerprint density at radius 1 is 0.516 bits per heavy atom. The minimum Gasteiger partial charge on any atom is -0.460 e. The first-order chi connectivity index (χ1) is 30.6. The Bertz CT molecular complexity index is 3330. The summed E-state index contributed by atoms with van der Waals surface area (Å²) in [4.78, 5) is 15.3. The number of furan rings is 1. The highest BCUT2D eigenvalue weighted by Crippen LogP contribution is 2.42.